The zero-order valence-electron chi connectivity index (χ0n) is 10.3. The van der Waals surface area contributed by atoms with Gasteiger partial charge in [0.1, 0.15) is 0 Å². The maximum Gasteiger partial charge on any atom is 0.340 e. The van der Waals surface area contributed by atoms with Crippen molar-refractivity contribution in [3.05, 3.63) is 47.8 Å². The van der Waals surface area contributed by atoms with Gasteiger partial charge >= 0.3 is 5.97 Å². The van der Waals surface area contributed by atoms with Gasteiger partial charge in [-0.25, -0.2) is 4.79 Å². The summed E-state index contributed by atoms with van der Waals surface area (Å²) in [6, 6.07) is 6.68. The normalized spacial score (nSPS) is 9.95. The summed E-state index contributed by atoms with van der Waals surface area (Å²) in [7, 11) is 0. The molecule has 6 heteroatoms. The third-order valence-electron chi connectivity index (χ3n) is 2.43. The van der Waals surface area contributed by atoms with E-state index in [9.17, 15) is 9.59 Å². The fourth-order valence-electron chi connectivity index (χ4n) is 1.55. The van der Waals surface area contributed by atoms with Crippen LogP contribution in [0.1, 0.15) is 27.6 Å². The molecule has 98 valence electrons. The van der Waals surface area contributed by atoms with Crippen molar-refractivity contribution in [3.63, 3.8) is 0 Å². The molecule has 0 radical (unpaired) electrons. The lowest BCUT2D eigenvalue weighted by Gasteiger charge is -2.09. The van der Waals surface area contributed by atoms with Gasteiger partial charge in [0.2, 0.25) is 0 Å². The van der Waals surface area contributed by atoms with E-state index in [1.54, 1.807) is 31.2 Å². The first-order valence-electron chi connectivity index (χ1n) is 5.78. The van der Waals surface area contributed by atoms with Crippen LogP contribution >= 0.6 is 0 Å². The number of nitrogens with zero attached hydrogens (tertiary/aromatic N) is 1. The highest BCUT2D eigenvalue weighted by Gasteiger charge is 2.14. The Balaban J connectivity index is 2.21. The number of rotatable bonds is 4. The Bertz CT molecular complexity index is 579. The topological polar surface area (TPSA) is 84.1 Å². The molecule has 0 aliphatic carbocycles. The molecular weight excluding hydrogens is 246 g/mol. The molecule has 0 saturated carbocycles. The number of amides is 1. The number of nitrogens with one attached hydrogen (secondary N) is 2. The molecule has 6 nitrogen and oxygen atoms in total. The predicted octanol–water partition coefficient (Wildman–Crippen LogP) is 1.84. The van der Waals surface area contributed by atoms with Crippen LogP contribution in [-0.2, 0) is 4.74 Å². The number of esters is 1. The first-order valence-corrected chi connectivity index (χ1v) is 5.78. The minimum atomic E-state index is -0.467. The second kappa shape index (κ2) is 5.81. The van der Waals surface area contributed by atoms with Gasteiger partial charge in [0.15, 0.2) is 0 Å². The first kappa shape index (κ1) is 12.8. The van der Waals surface area contributed by atoms with E-state index in [-0.39, 0.29) is 12.5 Å². The molecule has 0 aliphatic heterocycles. The molecule has 1 aromatic carbocycles. The largest absolute Gasteiger partial charge is 0.462 e. The van der Waals surface area contributed by atoms with Crippen molar-refractivity contribution >= 4 is 17.6 Å². The van der Waals surface area contributed by atoms with Crippen molar-refractivity contribution in [2.45, 2.75) is 6.92 Å². The Morgan fingerprint density at radius 1 is 1.37 bits per heavy atom. The highest BCUT2D eigenvalue weighted by Crippen LogP contribution is 2.17. The number of aromatic nitrogens is 2. The van der Waals surface area contributed by atoms with Crippen molar-refractivity contribution in [2.24, 2.45) is 0 Å². The lowest BCUT2D eigenvalue weighted by molar-refractivity contribution is 0.0527. The predicted molar refractivity (Wildman–Crippen MR) is 68.9 cm³/mol. The molecule has 0 bridgehead atoms. The second-order valence-corrected chi connectivity index (χ2v) is 3.71. The van der Waals surface area contributed by atoms with E-state index >= 15 is 0 Å². The third-order valence-corrected chi connectivity index (χ3v) is 2.43. The summed E-state index contributed by atoms with van der Waals surface area (Å²) < 4.78 is 4.93. The van der Waals surface area contributed by atoms with Gasteiger partial charge in [-0.05, 0) is 19.1 Å². The summed E-state index contributed by atoms with van der Waals surface area (Å²) >= 11 is 0. The minimum Gasteiger partial charge on any atom is -0.462 e. The maximum absolute atomic E-state index is 11.9. The van der Waals surface area contributed by atoms with E-state index in [4.69, 9.17) is 4.74 Å². The highest BCUT2D eigenvalue weighted by molar-refractivity contribution is 6.07. The fourth-order valence-corrected chi connectivity index (χ4v) is 1.55. The number of carbonyl (C=O) groups excluding carboxylic acids is 2. The quantitative estimate of drug-likeness (QED) is 0.820. The van der Waals surface area contributed by atoms with Crippen LogP contribution in [-0.4, -0.2) is 28.7 Å². The lowest BCUT2D eigenvalue weighted by Crippen LogP contribution is -2.15. The van der Waals surface area contributed by atoms with E-state index in [0.29, 0.717) is 16.8 Å². The van der Waals surface area contributed by atoms with Crippen LogP contribution in [0.3, 0.4) is 0 Å². The van der Waals surface area contributed by atoms with Gasteiger partial charge in [-0.2, -0.15) is 5.10 Å². The fraction of sp³-hybridized carbons (Fsp3) is 0.154. The number of aromatic amines is 1. The van der Waals surface area contributed by atoms with Crippen LogP contribution in [0.2, 0.25) is 0 Å². The van der Waals surface area contributed by atoms with Crippen molar-refractivity contribution in [1.82, 2.24) is 10.2 Å². The van der Waals surface area contributed by atoms with Gasteiger partial charge in [0, 0.05) is 6.20 Å². The number of hydrogen-bond acceptors (Lipinski definition) is 4. The molecule has 2 N–H and O–H groups in total. The summed E-state index contributed by atoms with van der Waals surface area (Å²) in [5, 5.41) is 8.90. The van der Waals surface area contributed by atoms with Crippen molar-refractivity contribution in [3.8, 4) is 0 Å². The molecule has 19 heavy (non-hydrogen) atoms. The van der Waals surface area contributed by atoms with Crippen molar-refractivity contribution < 1.29 is 14.3 Å². The zero-order chi connectivity index (χ0) is 13.7. The molecular formula is C13H13N3O3. The Morgan fingerprint density at radius 3 is 2.84 bits per heavy atom. The lowest BCUT2D eigenvalue weighted by atomic mass is 10.1. The standard InChI is InChI=1S/C13H13N3O3/c1-2-19-13(18)10-5-3-4-6-11(10)16-12(17)9-7-14-15-8-9/h3-8H,2H2,1H3,(H,14,15)(H,16,17). The molecule has 1 heterocycles. The molecule has 2 aromatic rings. The second-order valence-electron chi connectivity index (χ2n) is 3.71. The molecule has 0 saturated heterocycles. The van der Waals surface area contributed by atoms with Crippen LogP contribution < -0.4 is 5.32 Å². The molecule has 1 aromatic heterocycles. The van der Waals surface area contributed by atoms with Crippen LogP contribution in [0, 0.1) is 0 Å². The van der Waals surface area contributed by atoms with E-state index in [1.807, 2.05) is 0 Å². The summed E-state index contributed by atoms with van der Waals surface area (Å²) in [6.07, 6.45) is 2.88. The number of hydrogen-bond donors (Lipinski definition) is 2. The molecule has 0 aliphatic rings. The molecule has 0 unspecified atom stereocenters. The van der Waals surface area contributed by atoms with Crippen LogP contribution in [0.4, 0.5) is 5.69 Å². The minimum absolute atomic E-state index is 0.281. The number of benzene rings is 1. The van der Waals surface area contributed by atoms with E-state index in [0.717, 1.165) is 0 Å². The average Bonchev–Trinajstić information content (AvgIpc) is 2.93. The van der Waals surface area contributed by atoms with Crippen molar-refractivity contribution in [1.29, 1.82) is 0 Å². The monoisotopic (exact) mass is 259 g/mol. The Morgan fingerprint density at radius 2 is 2.16 bits per heavy atom. The van der Waals surface area contributed by atoms with E-state index in [2.05, 4.69) is 15.5 Å². The molecule has 2 rings (SSSR count). The molecule has 0 fully saturated rings. The number of H-pyrrole nitrogens is 1. The van der Waals surface area contributed by atoms with Crippen molar-refractivity contribution in [2.75, 3.05) is 11.9 Å². The SMILES string of the molecule is CCOC(=O)c1ccccc1NC(=O)c1cn[nH]c1. The third kappa shape index (κ3) is 2.98. The zero-order valence-corrected chi connectivity index (χ0v) is 10.3. The smallest absolute Gasteiger partial charge is 0.340 e. The Labute approximate surface area is 109 Å². The summed E-state index contributed by atoms with van der Waals surface area (Å²) in [4.78, 5) is 23.6. The van der Waals surface area contributed by atoms with Gasteiger partial charge < -0.3 is 10.1 Å². The molecule has 0 atom stereocenters. The number of ether oxygens (including phenoxy) is 1. The number of anilines is 1. The van der Waals surface area contributed by atoms with E-state index < -0.39 is 5.97 Å². The van der Waals surface area contributed by atoms with Crippen LogP contribution in [0.25, 0.3) is 0 Å². The Kier molecular flexibility index (Phi) is 3.92. The summed E-state index contributed by atoms with van der Waals surface area (Å²) in [6.45, 7) is 2.01. The summed E-state index contributed by atoms with van der Waals surface area (Å²) in [5.41, 5.74) is 1.12. The van der Waals surface area contributed by atoms with Gasteiger partial charge in [-0.3, -0.25) is 9.89 Å². The van der Waals surface area contributed by atoms with E-state index in [1.165, 1.54) is 12.4 Å². The Hall–Kier alpha value is -2.63. The number of para-hydroxylation sites is 1. The van der Waals surface area contributed by atoms with Gasteiger partial charge in [0.05, 0.1) is 29.6 Å². The summed E-state index contributed by atoms with van der Waals surface area (Å²) in [5.74, 6) is -0.809. The number of carbonyl (C=O) groups is 2. The highest BCUT2D eigenvalue weighted by atomic mass is 16.5. The average molecular weight is 259 g/mol. The van der Waals surface area contributed by atoms with Gasteiger partial charge in [-0.15, -0.1) is 0 Å². The maximum atomic E-state index is 11.9. The van der Waals surface area contributed by atoms with Gasteiger partial charge in [0.25, 0.3) is 5.91 Å². The molecule has 0 spiro atoms. The first-order chi connectivity index (χ1) is 9.22. The molecule has 1 amide bonds. The van der Waals surface area contributed by atoms with Gasteiger partial charge in [-0.1, -0.05) is 12.1 Å². The van der Waals surface area contributed by atoms with Crippen LogP contribution in [0.5, 0.6) is 0 Å². The van der Waals surface area contributed by atoms with Crippen LogP contribution in [0.15, 0.2) is 36.7 Å².